The predicted molar refractivity (Wildman–Crippen MR) is 53.2 cm³/mol. The van der Waals surface area contributed by atoms with Crippen LogP contribution in [0.15, 0.2) is 4.99 Å². The van der Waals surface area contributed by atoms with Gasteiger partial charge in [-0.3, -0.25) is 4.99 Å². The highest BCUT2D eigenvalue weighted by molar-refractivity contribution is 5.75. The minimum Gasteiger partial charge on any atom is -0.396 e. The summed E-state index contributed by atoms with van der Waals surface area (Å²) >= 11 is 0. The zero-order valence-electron chi connectivity index (χ0n) is 7.95. The van der Waals surface area contributed by atoms with Crippen molar-refractivity contribution in [2.45, 2.75) is 25.7 Å². The second-order valence-corrected chi connectivity index (χ2v) is 3.85. The normalized spacial score (nSPS) is 28.4. The SMILES string of the molecule is NC(N)=NCC1CCCC(CO)C1. The van der Waals surface area contributed by atoms with E-state index in [0.29, 0.717) is 18.4 Å². The average Bonchev–Trinajstić information content (AvgIpc) is 2.15. The molecule has 0 aliphatic heterocycles. The Morgan fingerprint density at radius 2 is 2.00 bits per heavy atom. The van der Waals surface area contributed by atoms with Crippen LogP contribution >= 0.6 is 0 Å². The van der Waals surface area contributed by atoms with Gasteiger partial charge < -0.3 is 16.6 Å². The van der Waals surface area contributed by atoms with Gasteiger partial charge >= 0.3 is 0 Å². The molecule has 0 aromatic rings. The van der Waals surface area contributed by atoms with Crippen LogP contribution in [0.25, 0.3) is 0 Å². The van der Waals surface area contributed by atoms with Crippen LogP contribution in [-0.4, -0.2) is 24.2 Å². The minimum atomic E-state index is 0.172. The Bertz CT molecular complexity index is 178. The van der Waals surface area contributed by atoms with E-state index in [1.165, 1.54) is 12.8 Å². The van der Waals surface area contributed by atoms with Crippen molar-refractivity contribution in [2.24, 2.45) is 28.3 Å². The van der Waals surface area contributed by atoms with Crippen molar-refractivity contribution in [3.05, 3.63) is 0 Å². The molecule has 1 saturated carbocycles. The highest BCUT2D eigenvalue weighted by Gasteiger charge is 2.20. The molecule has 0 aromatic carbocycles. The van der Waals surface area contributed by atoms with Gasteiger partial charge in [-0.05, 0) is 31.1 Å². The lowest BCUT2D eigenvalue weighted by Gasteiger charge is -2.26. The molecule has 5 N–H and O–H groups in total. The molecule has 0 spiro atoms. The van der Waals surface area contributed by atoms with Crippen LogP contribution in [0.3, 0.4) is 0 Å². The number of guanidine groups is 1. The van der Waals surface area contributed by atoms with Crippen molar-refractivity contribution in [2.75, 3.05) is 13.2 Å². The number of hydrogen-bond donors (Lipinski definition) is 3. The highest BCUT2D eigenvalue weighted by Crippen LogP contribution is 2.28. The van der Waals surface area contributed by atoms with Crippen molar-refractivity contribution in [1.82, 2.24) is 0 Å². The first-order valence-electron chi connectivity index (χ1n) is 4.88. The first-order valence-corrected chi connectivity index (χ1v) is 4.88. The molecular weight excluding hydrogens is 166 g/mol. The number of aliphatic hydroxyl groups excluding tert-OH is 1. The number of aliphatic hydroxyl groups is 1. The van der Waals surface area contributed by atoms with Gasteiger partial charge in [0.2, 0.25) is 0 Å². The van der Waals surface area contributed by atoms with Crippen LogP contribution in [0.4, 0.5) is 0 Å². The maximum absolute atomic E-state index is 9.00. The zero-order valence-corrected chi connectivity index (χ0v) is 7.95. The first-order chi connectivity index (χ1) is 6.22. The van der Waals surface area contributed by atoms with E-state index in [4.69, 9.17) is 16.6 Å². The van der Waals surface area contributed by atoms with Gasteiger partial charge in [-0.1, -0.05) is 6.42 Å². The van der Waals surface area contributed by atoms with Gasteiger partial charge in [0.25, 0.3) is 0 Å². The molecule has 13 heavy (non-hydrogen) atoms. The van der Waals surface area contributed by atoms with Crippen molar-refractivity contribution in [1.29, 1.82) is 0 Å². The maximum atomic E-state index is 9.00. The van der Waals surface area contributed by atoms with Crippen molar-refractivity contribution >= 4 is 5.96 Å². The Hall–Kier alpha value is -0.770. The standard InChI is InChI=1S/C9H19N3O/c10-9(11)12-5-7-2-1-3-8(4-7)6-13/h7-8,13H,1-6H2,(H4,10,11,12). The smallest absolute Gasteiger partial charge is 0.185 e. The number of rotatable bonds is 3. The van der Waals surface area contributed by atoms with E-state index in [1.807, 2.05) is 0 Å². The average molecular weight is 185 g/mol. The van der Waals surface area contributed by atoms with Crippen molar-refractivity contribution in [3.63, 3.8) is 0 Å². The lowest BCUT2D eigenvalue weighted by molar-refractivity contribution is 0.163. The molecule has 1 aliphatic carbocycles. The quantitative estimate of drug-likeness (QED) is 0.429. The summed E-state index contributed by atoms with van der Waals surface area (Å²) in [7, 11) is 0. The molecule has 1 rings (SSSR count). The lowest BCUT2D eigenvalue weighted by atomic mass is 9.82. The molecule has 0 amide bonds. The number of nitrogens with two attached hydrogens (primary N) is 2. The Morgan fingerprint density at radius 3 is 2.62 bits per heavy atom. The summed E-state index contributed by atoms with van der Waals surface area (Å²) in [4.78, 5) is 4.01. The molecule has 0 bridgehead atoms. The van der Waals surface area contributed by atoms with Gasteiger partial charge in [0, 0.05) is 13.2 Å². The monoisotopic (exact) mass is 185 g/mol. The fourth-order valence-corrected chi connectivity index (χ4v) is 1.97. The molecule has 0 aromatic heterocycles. The fraction of sp³-hybridized carbons (Fsp3) is 0.889. The molecule has 1 fully saturated rings. The molecule has 0 radical (unpaired) electrons. The molecule has 1 aliphatic rings. The van der Waals surface area contributed by atoms with Gasteiger partial charge in [-0.2, -0.15) is 0 Å². The molecule has 0 heterocycles. The zero-order chi connectivity index (χ0) is 9.68. The summed E-state index contributed by atoms with van der Waals surface area (Å²) in [5.41, 5.74) is 10.5. The van der Waals surface area contributed by atoms with Gasteiger partial charge in [-0.15, -0.1) is 0 Å². The van der Waals surface area contributed by atoms with Crippen LogP contribution in [0.1, 0.15) is 25.7 Å². The molecule has 0 saturated heterocycles. The minimum absolute atomic E-state index is 0.172. The van der Waals surface area contributed by atoms with E-state index in [9.17, 15) is 0 Å². The van der Waals surface area contributed by atoms with Gasteiger partial charge in [-0.25, -0.2) is 0 Å². The van der Waals surface area contributed by atoms with E-state index < -0.39 is 0 Å². The third-order valence-electron chi connectivity index (χ3n) is 2.68. The summed E-state index contributed by atoms with van der Waals surface area (Å²) in [5.74, 6) is 1.20. The molecule has 4 heteroatoms. The van der Waals surface area contributed by atoms with Crippen molar-refractivity contribution < 1.29 is 5.11 Å². The summed E-state index contributed by atoms with van der Waals surface area (Å²) < 4.78 is 0. The Morgan fingerprint density at radius 1 is 1.31 bits per heavy atom. The van der Waals surface area contributed by atoms with Crippen LogP contribution < -0.4 is 11.5 Å². The fourth-order valence-electron chi connectivity index (χ4n) is 1.97. The summed E-state index contributed by atoms with van der Waals surface area (Å²) in [5, 5.41) is 9.00. The number of nitrogens with zero attached hydrogens (tertiary/aromatic N) is 1. The Labute approximate surface area is 79.0 Å². The summed E-state index contributed by atoms with van der Waals surface area (Å²) in [6.07, 6.45) is 4.59. The summed E-state index contributed by atoms with van der Waals surface area (Å²) in [6.45, 7) is 1.02. The van der Waals surface area contributed by atoms with Crippen molar-refractivity contribution in [3.8, 4) is 0 Å². The third-order valence-corrected chi connectivity index (χ3v) is 2.68. The number of hydrogen-bond acceptors (Lipinski definition) is 2. The van der Waals surface area contributed by atoms with E-state index in [0.717, 1.165) is 19.4 Å². The maximum Gasteiger partial charge on any atom is 0.185 e. The van der Waals surface area contributed by atoms with Crippen LogP contribution in [-0.2, 0) is 0 Å². The molecule has 76 valence electrons. The molecular formula is C9H19N3O. The predicted octanol–water partition coefficient (Wildman–Crippen LogP) is 0.0585. The van der Waals surface area contributed by atoms with E-state index in [1.54, 1.807) is 0 Å². The largest absolute Gasteiger partial charge is 0.396 e. The van der Waals surface area contributed by atoms with Crippen LogP contribution in [0.2, 0.25) is 0 Å². The second-order valence-electron chi connectivity index (χ2n) is 3.85. The third kappa shape index (κ3) is 3.63. The van der Waals surface area contributed by atoms with E-state index in [-0.39, 0.29) is 5.96 Å². The van der Waals surface area contributed by atoms with Gasteiger partial charge in [0.05, 0.1) is 0 Å². The highest BCUT2D eigenvalue weighted by atomic mass is 16.3. The van der Waals surface area contributed by atoms with Gasteiger partial charge in [0.1, 0.15) is 0 Å². The Kier molecular flexibility index (Phi) is 4.02. The topological polar surface area (TPSA) is 84.6 Å². The van der Waals surface area contributed by atoms with Crippen LogP contribution in [0, 0.1) is 11.8 Å². The van der Waals surface area contributed by atoms with Crippen LogP contribution in [0.5, 0.6) is 0 Å². The Balaban J connectivity index is 2.30. The molecule has 2 unspecified atom stereocenters. The van der Waals surface area contributed by atoms with Gasteiger partial charge in [0.15, 0.2) is 5.96 Å². The molecule has 2 atom stereocenters. The lowest BCUT2D eigenvalue weighted by Crippen LogP contribution is -2.26. The number of aliphatic imine (C=N–C) groups is 1. The summed E-state index contributed by atoms with van der Waals surface area (Å²) in [6, 6.07) is 0. The second kappa shape index (κ2) is 5.07. The first kappa shape index (κ1) is 10.3. The van der Waals surface area contributed by atoms with E-state index >= 15 is 0 Å². The van der Waals surface area contributed by atoms with E-state index in [2.05, 4.69) is 4.99 Å². The molecule has 4 nitrogen and oxygen atoms in total.